The Hall–Kier alpha value is -1.39. The van der Waals surface area contributed by atoms with Crippen molar-refractivity contribution in [1.29, 1.82) is 0 Å². The van der Waals surface area contributed by atoms with Crippen molar-refractivity contribution < 1.29 is 15.0 Å². The van der Waals surface area contributed by atoms with E-state index in [1.807, 2.05) is 6.08 Å². The maximum Gasteiger partial charge on any atom is 0.220 e. The fourth-order valence-corrected chi connectivity index (χ4v) is 6.33. The van der Waals surface area contributed by atoms with E-state index in [0.29, 0.717) is 6.42 Å². The van der Waals surface area contributed by atoms with Gasteiger partial charge in [-0.05, 0) is 51.4 Å². The molecule has 0 radical (unpaired) electrons. The van der Waals surface area contributed by atoms with Gasteiger partial charge in [0.25, 0.3) is 0 Å². The van der Waals surface area contributed by atoms with Crippen LogP contribution in [0.15, 0.2) is 36.5 Å². The molecule has 4 heteroatoms. The fourth-order valence-electron chi connectivity index (χ4n) is 6.33. The van der Waals surface area contributed by atoms with Crippen LogP contribution < -0.4 is 5.32 Å². The number of hydrogen-bond donors (Lipinski definition) is 3. The molecule has 4 nitrogen and oxygen atoms in total. The Kier molecular flexibility index (Phi) is 38.9. The van der Waals surface area contributed by atoms with E-state index in [4.69, 9.17) is 0 Å². The largest absolute Gasteiger partial charge is 0.394 e. The molecule has 0 rings (SSSR count). The molecule has 0 aliphatic carbocycles. The standard InChI is InChI=1S/C44H83NO3/c1-3-5-7-9-11-13-15-17-18-19-20-21-22-23-24-25-26-28-30-32-34-36-38-40-44(48)45-42(41-46)43(47)39-37-35-33-31-29-27-16-14-12-10-8-6-4-2/h20-21,23-24,37,39,42-43,46-47H,3-19,22,25-36,38,40-41H2,1-2H3,(H,45,48)/b21-20-,24-23-,39-37+. The fraction of sp³-hybridized carbons (Fsp3) is 0.841. The third-order valence-corrected chi connectivity index (χ3v) is 9.62. The highest BCUT2D eigenvalue weighted by Crippen LogP contribution is 2.14. The molecule has 1 amide bonds. The number of aliphatic hydroxyl groups excluding tert-OH is 2. The van der Waals surface area contributed by atoms with E-state index in [1.54, 1.807) is 6.08 Å². The van der Waals surface area contributed by atoms with Crippen molar-refractivity contribution in [1.82, 2.24) is 5.32 Å². The van der Waals surface area contributed by atoms with Crippen molar-refractivity contribution in [2.45, 2.75) is 231 Å². The maximum atomic E-state index is 12.4. The summed E-state index contributed by atoms with van der Waals surface area (Å²) < 4.78 is 0. The summed E-state index contributed by atoms with van der Waals surface area (Å²) in [7, 11) is 0. The third-order valence-electron chi connectivity index (χ3n) is 9.62. The molecule has 0 saturated heterocycles. The molecule has 0 bridgehead atoms. The van der Waals surface area contributed by atoms with Gasteiger partial charge in [0.2, 0.25) is 5.91 Å². The lowest BCUT2D eigenvalue weighted by atomic mass is 10.0. The van der Waals surface area contributed by atoms with E-state index in [2.05, 4.69) is 43.5 Å². The number of amides is 1. The Bertz CT molecular complexity index is 731. The van der Waals surface area contributed by atoms with Crippen LogP contribution in [0.3, 0.4) is 0 Å². The summed E-state index contributed by atoms with van der Waals surface area (Å²) in [6, 6.07) is -0.624. The second-order valence-electron chi connectivity index (χ2n) is 14.4. The number of allylic oxidation sites excluding steroid dienone is 5. The van der Waals surface area contributed by atoms with Crippen molar-refractivity contribution in [3.05, 3.63) is 36.5 Å². The molecular formula is C44H83NO3. The van der Waals surface area contributed by atoms with Gasteiger partial charge in [0.05, 0.1) is 18.8 Å². The molecule has 0 heterocycles. The van der Waals surface area contributed by atoms with Crippen LogP contribution in [-0.2, 0) is 4.79 Å². The van der Waals surface area contributed by atoms with Gasteiger partial charge in [-0.25, -0.2) is 0 Å². The Balaban J connectivity index is 3.58. The first-order chi connectivity index (χ1) is 23.7. The minimum Gasteiger partial charge on any atom is -0.394 e. The molecule has 0 fully saturated rings. The Morgan fingerprint density at radius 3 is 1.25 bits per heavy atom. The minimum absolute atomic E-state index is 0.0722. The summed E-state index contributed by atoms with van der Waals surface area (Å²) in [5.74, 6) is -0.0722. The topological polar surface area (TPSA) is 69.6 Å². The van der Waals surface area contributed by atoms with E-state index < -0.39 is 12.1 Å². The first-order valence-corrected chi connectivity index (χ1v) is 21.2. The van der Waals surface area contributed by atoms with Crippen LogP contribution in [0, 0.1) is 0 Å². The van der Waals surface area contributed by atoms with Gasteiger partial charge >= 0.3 is 0 Å². The lowest BCUT2D eigenvalue weighted by molar-refractivity contribution is -0.123. The molecule has 2 unspecified atom stereocenters. The molecule has 3 N–H and O–H groups in total. The van der Waals surface area contributed by atoms with Crippen LogP contribution in [0.2, 0.25) is 0 Å². The van der Waals surface area contributed by atoms with Gasteiger partial charge in [0.1, 0.15) is 0 Å². The number of rotatable bonds is 38. The molecule has 0 aliphatic rings. The minimum atomic E-state index is -0.840. The predicted molar refractivity (Wildman–Crippen MR) is 212 cm³/mol. The molecule has 0 aliphatic heterocycles. The van der Waals surface area contributed by atoms with E-state index in [0.717, 1.165) is 32.1 Å². The summed E-state index contributed by atoms with van der Waals surface area (Å²) in [6.07, 6.45) is 52.4. The van der Waals surface area contributed by atoms with Gasteiger partial charge in [-0.2, -0.15) is 0 Å². The molecule has 48 heavy (non-hydrogen) atoms. The van der Waals surface area contributed by atoms with E-state index >= 15 is 0 Å². The number of unbranched alkanes of at least 4 members (excludes halogenated alkanes) is 27. The van der Waals surface area contributed by atoms with Gasteiger partial charge < -0.3 is 15.5 Å². The Morgan fingerprint density at radius 2 is 0.854 bits per heavy atom. The van der Waals surface area contributed by atoms with Crippen molar-refractivity contribution >= 4 is 5.91 Å². The quantitative estimate of drug-likeness (QED) is 0.0451. The maximum absolute atomic E-state index is 12.4. The van der Waals surface area contributed by atoms with Crippen molar-refractivity contribution in [3.63, 3.8) is 0 Å². The zero-order chi connectivity index (χ0) is 35.0. The van der Waals surface area contributed by atoms with E-state index in [1.165, 1.54) is 167 Å². The third kappa shape index (κ3) is 35.9. The Morgan fingerprint density at radius 1 is 0.500 bits per heavy atom. The van der Waals surface area contributed by atoms with Crippen molar-refractivity contribution in [2.24, 2.45) is 0 Å². The molecule has 0 aromatic rings. The average Bonchev–Trinajstić information content (AvgIpc) is 3.09. The van der Waals surface area contributed by atoms with Gasteiger partial charge in [0, 0.05) is 6.42 Å². The summed E-state index contributed by atoms with van der Waals surface area (Å²) >= 11 is 0. The monoisotopic (exact) mass is 674 g/mol. The number of carbonyl (C=O) groups is 1. The highest BCUT2D eigenvalue weighted by Gasteiger charge is 2.17. The van der Waals surface area contributed by atoms with Gasteiger partial charge in [-0.15, -0.1) is 0 Å². The number of nitrogens with one attached hydrogen (secondary N) is 1. The number of aliphatic hydroxyl groups is 2. The van der Waals surface area contributed by atoms with Crippen LogP contribution in [0.25, 0.3) is 0 Å². The average molecular weight is 674 g/mol. The van der Waals surface area contributed by atoms with Crippen LogP contribution in [-0.4, -0.2) is 34.9 Å². The second kappa shape index (κ2) is 40.0. The van der Waals surface area contributed by atoms with Gasteiger partial charge in [0.15, 0.2) is 0 Å². The van der Waals surface area contributed by atoms with Gasteiger partial charge in [-0.1, -0.05) is 198 Å². The lowest BCUT2D eigenvalue weighted by Gasteiger charge is -2.20. The zero-order valence-electron chi connectivity index (χ0n) is 32.3. The summed E-state index contributed by atoms with van der Waals surface area (Å²) in [5.41, 5.74) is 0. The summed E-state index contributed by atoms with van der Waals surface area (Å²) in [6.45, 7) is 4.30. The first-order valence-electron chi connectivity index (χ1n) is 21.2. The van der Waals surface area contributed by atoms with Crippen LogP contribution in [0.4, 0.5) is 0 Å². The SMILES string of the molecule is CCCCCCCCCCC/C=C\C/C=C\CCCCCCCCCC(=O)NC(CO)C(O)/C=C/CCCCCCCCCCCCC. The first kappa shape index (κ1) is 46.6. The molecule has 0 aromatic heterocycles. The van der Waals surface area contributed by atoms with Crippen molar-refractivity contribution in [2.75, 3.05) is 6.61 Å². The van der Waals surface area contributed by atoms with Crippen LogP contribution in [0.5, 0.6) is 0 Å². The molecule has 0 spiro atoms. The zero-order valence-corrected chi connectivity index (χ0v) is 32.3. The molecule has 282 valence electrons. The molecule has 0 aromatic carbocycles. The summed E-state index contributed by atoms with van der Waals surface area (Å²) in [5, 5.41) is 22.9. The smallest absolute Gasteiger partial charge is 0.220 e. The van der Waals surface area contributed by atoms with Crippen LogP contribution >= 0.6 is 0 Å². The summed E-state index contributed by atoms with van der Waals surface area (Å²) in [4.78, 5) is 12.4. The number of carbonyl (C=O) groups excluding carboxylic acids is 1. The van der Waals surface area contributed by atoms with E-state index in [-0.39, 0.29) is 12.5 Å². The normalized spacial score (nSPS) is 13.3. The second-order valence-corrected chi connectivity index (χ2v) is 14.4. The number of hydrogen-bond acceptors (Lipinski definition) is 3. The molecular weight excluding hydrogens is 590 g/mol. The lowest BCUT2D eigenvalue weighted by Crippen LogP contribution is -2.45. The van der Waals surface area contributed by atoms with E-state index in [9.17, 15) is 15.0 Å². The van der Waals surface area contributed by atoms with Crippen LogP contribution in [0.1, 0.15) is 219 Å². The van der Waals surface area contributed by atoms with Crippen molar-refractivity contribution in [3.8, 4) is 0 Å². The molecule has 2 atom stereocenters. The highest BCUT2D eigenvalue weighted by atomic mass is 16.3. The Labute approximate surface area is 300 Å². The van der Waals surface area contributed by atoms with Gasteiger partial charge in [-0.3, -0.25) is 4.79 Å². The predicted octanol–water partition coefficient (Wildman–Crippen LogP) is 13.0. The molecule has 0 saturated carbocycles. The highest BCUT2D eigenvalue weighted by molar-refractivity contribution is 5.76.